The Morgan fingerprint density at radius 3 is 2.84 bits per heavy atom. The van der Waals surface area contributed by atoms with E-state index in [2.05, 4.69) is 11.1 Å². The van der Waals surface area contributed by atoms with E-state index < -0.39 is 5.41 Å². The maximum absolute atomic E-state index is 12.2. The van der Waals surface area contributed by atoms with Crippen molar-refractivity contribution in [3.63, 3.8) is 0 Å². The van der Waals surface area contributed by atoms with Crippen LogP contribution in [0.1, 0.15) is 28.8 Å². The third kappa shape index (κ3) is 1.65. The van der Waals surface area contributed by atoms with Gasteiger partial charge in [-0.3, -0.25) is 9.78 Å². The summed E-state index contributed by atoms with van der Waals surface area (Å²) in [5.41, 5.74) is 9.21. The van der Waals surface area contributed by atoms with Gasteiger partial charge in [0.25, 0.3) is 0 Å². The molecule has 3 rings (SSSR count). The minimum absolute atomic E-state index is 0.275. The van der Waals surface area contributed by atoms with Crippen molar-refractivity contribution >= 4 is 5.91 Å². The first-order valence-electron chi connectivity index (χ1n) is 6.46. The fourth-order valence-electron chi connectivity index (χ4n) is 3.12. The Morgan fingerprint density at radius 2 is 2.11 bits per heavy atom. The molecule has 1 aromatic heterocycles. The van der Waals surface area contributed by atoms with E-state index in [0.29, 0.717) is 0 Å². The number of pyridine rings is 1. The molecule has 0 bridgehead atoms. The molecule has 0 radical (unpaired) electrons. The molecule has 3 heteroatoms. The fraction of sp³-hybridized carbons (Fsp3) is 0.250. The Morgan fingerprint density at radius 1 is 1.32 bits per heavy atom. The summed E-state index contributed by atoms with van der Waals surface area (Å²) < 4.78 is 0. The van der Waals surface area contributed by atoms with Crippen molar-refractivity contribution in [3.8, 4) is 0 Å². The first-order valence-corrected chi connectivity index (χ1v) is 6.46. The summed E-state index contributed by atoms with van der Waals surface area (Å²) in [5, 5.41) is 0. The van der Waals surface area contributed by atoms with Gasteiger partial charge in [-0.25, -0.2) is 0 Å². The molecule has 0 saturated heterocycles. The number of carbonyl (C=O) groups excluding carboxylic acids is 1. The zero-order valence-corrected chi connectivity index (χ0v) is 10.9. The standard InChI is InChI=1S/C16H16N2O/c1-11-10-13(7-9-18-11)16(15(17)19)8-6-12-4-2-3-5-14(12)16/h2-5,7,9-10H,6,8H2,1H3,(H2,17,19). The summed E-state index contributed by atoms with van der Waals surface area (Å²) in [4.78, 5) is 16.4. The molecule has 1 atom stereocenters. The van der Waals surface area contributed by atoms with Gasteiger partial charge in [-0.1, -0.05) is 24.3 Å². The third-order valence-corrected chi connectivity index (χ3v) is 4.06. The van der Waals surface area contributed by atoms with Gasteiger partial charge in [0.05, 0.1) is 5.41 Å². The summed E-state index contributed by atoms with van der Waals surface area (Å²) in [7, 11) is 0. The molecule has 1 aliphatic rings. The number of primary amides is 1. The van der Waals surface area contributed by atoms with Gasteiger partial charge in [-0.05, 0) is 48.6 Å². The molecule has 0 fully saturated rings. The zero-order valence-electron chi connectivity index (χ0n) is 10.9. The van der Waals surface area contributed by atoms with E-state index in [1.165, 1.54) is 5.56 Å². The van der Waals surface area contributed by atoms with Gasteiger partial charge >= 0.3 is 0 Å². The van der Waals surface area contributed by atoms with Gasteiger partial charge in [0.1, 0.15) is 0 Å². The Balaban J connectivity index is 2.26. The van der Waals surface area contributed by atoms with Gasteiger partial charge < -0.3 is 5.73 Å². The van der Waals surface area contributed by atoms with Gasteiger partial charge in [-0.15, -0.1) is 0 Å². The minimum atomic E-state index is -0.690. The highest BCUT2D eigenvalue weighted by atomic mass is 16.1. The number of hydrogen-bond acceptors (Lipinski definition) is 2. The van der Waals surface area contributed by atoms with Crippen LogP contribution in [0.2, 0.25) is 0 Å². The van der Waals surface area contributed by atoms with Crippen molar-refractivity contribution in [2.75, 3.05) is 0 Å². The molecule has 2 aromatic rings. The highest BCUT2D eigenvalue weighted by Crippen LogP contribution is 2.43. The van der Waals surface area contributed by atoms with Gasteiger partial charge in [-0.2, -0.15) is 0 Å². The van der Waals surface area contributed by atoms with Crippen LogP contribution in [0.15, 0.2) is 42.6 Å². The quantitative estimate of drug-likeness (QED) is 0.890. The number of hydrogen-bond donors (Lipinski definition) is 1. The number of nitrogens with two attached hydrogens (primary N) is 1. The maximum Gasteiger partial charge on any atom is 0.232 e. The first-order chi connectivity index (χ1) is 9.14. The molecule has 19 heavy (non-hydrogen) atoms. The van der Waals surface area contributed by atoms with E-state index in [0.717, 1.165) is 29.7 Å². The van der Waals surface area contributed by atoms with Crippen LogP contribution < -0.4 is 5.73 Å². The smallest absolute Gasteiger partial charge is 0.232 e. The number of aryl methyl sites for hydroxylation is 2. The summed E-state index contributed by atoms with van der Waals surface area (Å²) in [6.45, 7) is 1.93. The number of nitrogens with zero attached hydrogens (tertiary/aromatic N) is 1. The van der Waals surface area contributed by atoms with E-state index >= 15 is 0 Å². The average molecular weight is 252 g/mol. The maximum atomic E-state index is 12.2. The topological polar surface area (TPSA) is 56.0 Å². The van der Waals surface area contributed by atoms with Crippen molar-refractivity contribution in [3.05, 3.63) is 65.0 Å². The summed E-state index contributed by atoms with van der Waals surface area (Å²) >= 11 is 0. The van der Waals surface area contributed by atoms with Crippen LogP contribution in [-0.2, 0) is 16.6 Å². The van der Waals surface area contributed by atoms with Gasteiger partial charge in [0.2, 0.25) is 5.91 Å². The summed E-state index contributed by atoms with van der Waals surface area (Å²) in [5.74, 6) is -0.275. The van der Waals surface area contributed by atoms with Crippen LogP contribution in [-0.4, -0.2) is 10.9 Å². The zero-order chi connectivity index (χ0) is 13.5. The van der Waals surface area contributed by atoms with Crippen molar-refractivity contribution in [1.29, 1.82) is 0 Å². The van der Waals surface area contributed by atoms with E-state index in [-0.39, 0.29) is 5.91 Å². The molecular formula is C16H16N2O. The molecule has 1 amide bonds. The SMILES string of the molecule is Cc1cc(C2(C(N)=O)CCc3ccccc32)ccn1. The highest BCUT2D eigenvalue weighted by molar-refractivity contribution is 5.92. The van der Waals surface area contributed by atoms with Gasteiger partial charge in [0, 0.05) is 11.9 Å². The number of rotatable bonds is 2. The molecule has 0 aliphatic heterocycles. The predicted octanol–water partition coefficient (Wildman–Crippen LogP) is 2.11. The van der Waals surface area contributed by atoms with Crippen molar-refractivity contribution in [1.82, 2.24) is 4.98 Å². The molecule has 1 heterocycles. The minimum Gasteiger partial charge on any atom is -0.369 e. The Hall–Kier alpha value is -2.16. The molecule has 2 N–H and O–H groups in total. The first kappa shape index (κ1) is 11.9. The van der Waals surface area contributed by atoms with E-state index in [9.17, 15) is 4.79 Å². The fourth-order valence-corrected chi connectivity index (χ4v) is 3.12. The number of carbonyl (C=O) groups is 1. The van der Waals surface area contributed by atoms with Crippen molar-refractivity contribution in [2.45, 2.75) is 25.2 Å². The van der Waals surface area contributed by atoms with Crippen LogP contribution in [0.3, 0.4) is 0 Å². The number of amides is 1. The molecule has 3 nitrogen and oxygen atoms in total. The van der Waals surface area contributed by atoms with Crippen LogP contribution >= 0.6 is 0 Å². The molecular weight excluding hydrogens is 236 g/mol. The predicted molar refractivity (Wildman–Crippen MR) is 73.7 cm³/mol. The Bertz CT molecular complexity index is 651. The lowest BCUT2D eigenvalue weighted by molar-refractivity contribution is -0.122. The highest BCUT2D eigenvalue weighted by Gasteiger charge is 2.45. The molecule has 1 unspecified atom stereocenters. The number of aromatic nitrogens is 1. The lowest BCUT2D eigenvalue weighted by atomic mass is 9.75. The molecule has 96 valence electrons. The van der Waals surface area contributed by atoms with Crippen molar-refractivity contribution < 1.29 is 4.79 Å². The Kier molecular flexibility index (Phi) is 2.63. The Labute approximate surface area is 112 Å². The lowest BCUT2D eigenvalue weighted by Gasteiger charge is -2.27. The van der Waals surface area contributed by atoms with E-state index in [1.807, 2.05) is 37.3 Å². The monoisotopic (exact) mass is 252 g/mol. The van der Waals surface area contributed by atoms with E-state index in [1.54, 1.807) is 6.20 Å². The van der Waals surface area contributed by atoms with Crippen LogP contribution in [0, 0.1) is 6.92 Å². The van der Waals surface area contributed by atoms with Crippen LogP contribution in [0.4, 0.5) is 0 Å². The third-order valence-electron chi connectivity index (χ3n) is 4.06. The second kappa shape index (κ2) is 4.19. The average Bonchev–Trinajstić information content (AvgIpc) is 2.79. The lowest BCUT2D eigenvalue weighted by Crippen LogP contribution is -2.40. The molecule has 1 aromatic carbocycles. The largest absolute Gasteiger partial charge is 0.369 e. The summed E-state index contributed by atoms with van der Waals surface area (Å²) in [6.07, 6.45) is 3.38. The van der Waals surface area contributed by atoms with Crippen LogP contribution in [0.5, 0.6) is 0 Å². The van der Waals surface area contributed by atoms with Crippen LogP contribution in [0.25, 0.3) is 0 Å². The van der Waals surface area contributed by atoms with E-state index in [4.69, 9.17) is 5.73 Å². The molecule has 0 saturated carbocycles. The second-order valence-electron chi connectivity index (χ2n) is 5.11. The van der Waals surface area contributed by atoms with Gasteiger partial charge in [0.15, 0.2) is 0 Å². The summed E-state index contributed by atoms with van der Waals surface area (Å²) in [6, 6.07) is 11.9. The normalized spacial score (nSPS) is 21.1. The molecule has 1 aliphatic carbocycles. The second-order valence-corrected chi connectivity index (χ2v) is 5.11. The number of benzene rings is 1. The van der Waals surface area contributed by atoms with Crippen molar-refractivity contribution in [2.24, 2.45) is 5.73 Å². The molecule has 0 spiro atoms. The number of fused-ring (bicyclic) bond motifs is 1.